The largest absolute Gasteiger partial charge is 0.365 e. The molecule has 1 rings (SSSR count). The summed E-state index contributed by atoms with van der Waals surface area (Å²) in [6, 6.07) is 7.42. The Hall–Kier alpha value is -1.45. The maximum absolute atomic E-state index is 11.1. The number of rotatable bonds is 5. The summed E-state index contributed by atoms with van der Waals surface area (Å²) < 4.78 is 0. The first-order chi connectivity index (χ1) is 8.45. The second kappa shape index (κ2) is 6.47. The Bertz CT molecular complexity index is 430. The molecule has 1 aromatic rings. The van der Waals surface area contributed by atoms with Crippen molar-refractivity contribution in [3.05, 3.63) is 47.0 Å². The number of carbonyl (C=O) groups is 1. The van der Waals surface area contributed by atoms with Gasteiger partial charge in [-0.2, -0.15) is 0 Å². The lowest BCUT2D eigenvalue weighted by Crippen LogP contribution is -2.17. The molecule has 0 aliphatic carbocycles. The Morgan fingerprint density at radius 1 is 1.28 bits per heavy atom. The molecule has 1 aromatic carbocycles. The fraction of sp³-hybridized carbons (Fsp3) is 0.400. The first kappa shape index (κ1) is 14.6. The summed E-state index contributed by atoms with van der Waals surface area (Å²) in [5.74, 6) is 0.104. The van der Waals surface area contributed by atoms with Crippen LogP contribution in [0.4, 0.5) is 0 Å². The van der Waals surface area contributed by atoms with Gasteiger partial charge in [-0.25, -0.2) is 0 Å². The van der Waals surface area contributed by atoms with E-state index in [2.05, 4.69) is 0 Å². The van der Waals surface area contributed by atoms with Gasteiger partial charge in [0, 0.05) is 5.56 Å². The zero-order valence-corrected chi connectivity index (χ0v) is 11.1. The summed E-state index contributed by atoms with van der Waals surface area (Å²) in [6.07, 6.45) is 1.05. The van der Waals surface area contributed by atoms with Gasteiger partial charge in [0.25, 0.3) is 0 Å². The van der Waals surface area contributed by atoms with E-state index in [1.807, 2.05) is 19.1 Å². The van der Waals surface area contributed by atoms with E-state index < -0.39 is 6.29 Å². The maximum atomic E-state index is 11.1. The number of Topliss-reactive ketones (excluding diaryl/α,β-unsaturated/α-hetero) is 1. The highest BCUT2D eigenvalue weighted by Gasteiger charge is 2.14. The highest BCUT2D eigenvalue weighted by atomic mass is 16.5. The van der Waals surface area contributed by atoms with Crippen molar-refractivity contribution in [2.24, 2.45) is 5.92 Å². The molecule has 0 aliphatic rings. The monoisotopic (exact) mass is 248 g/mol. The van der Waals surface area contributed by atoms with Crippen LogP contribution in [0.15, 0.2) is 35.9 Å². The third kappa shape index (κ3) is 3.79. The second-order valence-corrected chi connectivity index (χ2v) is 4.52. The van der Waals surface area contributed by atoms with Crippen LogP contribution in [0.25, 0.3) is 0 Å². The van der Waals surface area contributed by atoms with Crippen LogP contribution < -0.4 is 0 Å². The molecule has 3 nitrogen and oxygen atoms in total. The van der Waals surface area contributed by atoms with E-state index in [9.17, 15) is 15.0 Å². The molecular formula is C15H20O3. The minimum absolute atomic E-state index is 0.0505. The van der Waals surface area contributed by atoms with Gasteiger partial charge in [-0.05, 0) is 37.3 Å². The first-order valence-corrected chi connectivity index (χ1v) is 6.07. The van der Waals surface area contributed by atoms with Crippen molar-refractivity contribution in [1.82, 2.24) is 0 Å². The van der Waals surface area contributed by atoms with E-state index in [0.717, 1.165) is 12.0 Å². The van der Waals surface area contributed by atoms with Crippen LogP contribution in [0.2, 0.25) is 0 Å². The predicted molar refractivity (Wildman–Crippen MR) is 71.3 cm³/mol. The van der Waals surface area contributed by atoms with Gasteiger partial charge in [-0.15, -0.1) is 0 Å². The van der Waals surface area contributed by atoms with Gasteiger partial charge in [0.2, 0.25) is 0 Å². The molecule has 0 aromatic heterocycles. The predicted octanol–water partition coefficient (Wildman–Crippen LogP) is 2.32. The van der Waals surface area contributed by atoms with E-state index >= 15 is 0 Å². The van der Waals surface area contributed by atoms with Crippen LogP contribution in [0.5, 0.6) is 0 Å². The van der Waals surface area contributed by atoms with Gasteiger partial charge < -0.3 is 10.2 Å². The van der Waals surface area contributed by atoms with Crippen LogP contribution in [0.3, 0.4) is 0 Å². The fourth-order valence-electron chi connectivity index (χ4n) is 2.04. The highest BCUT2D eigenvalue weighted by Crippen LogP contribution is 2.19. The average Bonchev–Trinajstić information content (AvgIpc) is 2.29. The summed E-state index contributed by atoms with van der Waals surface area (Å²) in [7, 11) is 0. The van der Waals surface area contributed by atoms with E-state index in [4.69, 9.17) is 0 Å². The molecule has 18 heavy (non-hydrogen) atoms. The minimum atomic E-state index is -1.40. The summed E-state index contributed by atoms with van der Waals surface area (Å²) in [6.45, 7) is 5.29. The molecule has 0 heterocycles. The molecule has 0 saturated carbocycles. The standard InChI is InChI=1S/C15H20O3/c1-4-14(15(17)18)10(2)9-12-5-7-13(8-6-12)11(3)16/h4-8,10,15,17-18H,9H2,1-3H3. The zero-order valence-electron chi connectivity index (χ0n) is 11.1. The van der Waals surface area contributed by atoms with Crippen LogP contribution in [-0.2, 0) is 6.42 Å². The van der Waals surface area contributed by atoms with Gasteiger partial charge in [-0.1, -0.05) is 37.3 Å². The molecule has 2 N–H and O–H groups in total. The Labute approximate surface area is 108 Å². The van der Waals surface area contributed by atoms with Crippen LogP contribution in [-0.4, -0.2) is 22.3 Å². The minimum Gasteiger partial charge on any atom is -0.365 e. The lowest BCUT2D eigenvalue weighted by Gasteiger charge is -2.17. The van der Waals surface area contributed by atoms with Crippen LogP contribution >= 0.6 is 0 Å². The van der Waals surface area contributed by atoms with Gasteiger partial charge in [0.05, 0.1) is 0 Å². The number of ketones is 1. The SMILES string of the molecule is CC=C(C(O)O)C(C)Cc1ccc(C(C)=O)cc1. The number of aliphatic hydroxyl groups excluding tert-OH is 1. The van der Waals surface area contributed by atoms with Gasteiger partial charge in [-0.3, -0.25) is 4.79 Å². The van der Waals surface area contributed by atoms with Crippen molar-refractivity contribution in [2.45, 2.75) is 33.5 Å². The van der Waals surface area contributed by atoms with Crippen molar-refractivity contribution in [1.29, 1.82) is 0 Å². The Balaban J connectivity index is 2.76. The number of benzene rings is 1. The van der Waals surface area contributed by atoms with E-state index in [-0.39, 0.29) is 11.7 Å². The number of allylic oxidation sites excluding steroid dienone is 1. The number of aliphatic hydroxyl groups is 2. The van der Waals surface area contributed by atoms with Gasteiger partial charge in [0.1, 0.15) is 0 Å². The summed E-state index contributed by atoms with van der Waals surface area (Å²) in [5, 5.41) is 18.4. The van der Waals surface area contributed by atoms with Crippen LogP contribution in [0, 0.1) is 5.92 Å². The second-order valence-electron chi connectivity index (χ2n) is 4.52. The Kier molecular flexibility index (Phi) is 5.25. The summed E-state index contributed by atoms with van der Waals surface area (Å²) in [4.78, 5) is 11.1. The van der Waals surface area contributed by atoms with E-state index in [1.54, 1.807) is 25.1 Å². The molecule has 0 saturated heterocycles. The van der Waals surface area contributed by atoms with Crippen molar-refractivity contribution in [3.63, 3.8) is 0 Å². The zero-order chi connectivity index (χ0) is 13.7. The Morgan fingerprint density at radius 2 is 1.83 bits per heavy atom. The maximum Gasteiger partial charge on any atom is 0.174 e. The van der Waals surface area contributed by atoms with Crippen LogP contribution in [0.1, 0.15) is 36.7 Å². The number of hydrogen-bond acceptors (Lipinski definition) is 3. The molecule has 1 unspecified atom stereocenters. The molecule has 0 bridgehead atoms. The van der Waals surface area contributed by atoms with Crippen molar-refractivity contribution in [2.75, 3.05) is 0 Å². The molecule has 0 aliphatic heterocycles. The molecule has 0 amide bonds. The quantitative estimate of drug-likeness (QED) is 0.477. The average molecular weight is 248 g/mol. The van der Waals surface area contributed by atoms with Gasteiger partial charge >= 0.3 is 0 Å². The molecule has 0 spiro atoms. The number of hydrogen-bond donors (Lipinski definition) is 2. The molecule has 98 valence electrons. The fourth-order valence-corrected chi connectivity index (χ4v) is 2.04. The normalized spacial score (nSPS) is 13.8. The van der Waals surface area contributed by atoms with Crippen molar-refractivity contribution in [3.8, 4) is 0 Å². The van der Waals surface area contributed by atoms with Crippen molar-refractivity contribution < 1.29 is 15.0 Å². The number of carbonyl (C=O) groups excluding carboxylic acids is 1. The molecular weight excluding hydrogens is 228 g/mol. The summed E-state index contributed by atoms with van der Waals surface area (Å²) in [5.41, 5.74) is 2.39. The van der Waals surface area contributed by atoms with Crippen molar-refractivity contribution >= 4 is 5.78 Å². The van der Waals surface area contributed by atoms with E-state index in [0.29, 0.717) is 11.1 Å². The molecule has 1 atom stereocenters. The topological polar surface area (TPSA) is 57.5 Å². The lowest BCUT2D eigenvalue weighted by molar-refractivity contribution is -0.0147. The Morgan fingerprint density at radius 3 is 2.22 bits per heavy atom. The lowest BCUT2D eigenvalue weighted by atomic mass is 9.92. The molecule has 3 heteroatoms. The third-order valence-corrected chi connectivity index (χ3v) is 3.10. The smallest absolute Gasteiger partial charge is 0.174 e. The molecule has 0 radical (unpaired) electrons. The first-order valence-electron chi connectivity index (χ1n) is 6.07. The third-order valence-electron chi connectivity index (χ3n) is 3.10. The molecule has 0 fully saturated rings. The highest BCUT2D eigenvalue weighted by molar-refractivity contribution is 5.93. The van der Waals surface area contributed by atoms with Gasteiger partial charge in [0.15, 0.2) is 12.1 Å². The van der Waals surface area contributed by atoms with E-state index in [1.165, 1.54) is 6.92 Å². The summed E-state index contributed by atoms with van der Waals surface area (Å²) >= 11 is 0.